The van der Waals surface area contributed by atoms with Crippen LogP contribution in [0.3, 0.4) is 0 Å². The molecule has 2 amide bonds. The number of halogens is 1. The summed E-state index contributed by atoms with van der Waals surface area (Å²) in [7, 11) is 1.62. The maximum atomic E-state index is 12.9. The van der Waals surface area contributed by atoms with Crippen molar-refractivity contribution in [2.75, 3.05) is 26.8 Å². The van der Waals surface area contributed by atoms with Gasteiger partial charge in [-0.3, -0.25) is 14.5 Å². The van der Waals surface area contributed by atoms with Crippen LogP contribution < -0.4 is 10.6 Å². The SMILES string of the molecule is CNC(=O)[C@@H](c1ccc(Cl)cc1)N1CCC[C@H]1C(=O)NC1CCOCC1. The fourth-order valence-electron chi connectivity index (χ4n) is 3.79. The Bertz CT molecular complexity index is 631. The Kier molecular flexibility index (Phi) is 6.51. The molecule has 3 rings (SSSR count). The summed E-state index contributed by atoms with van der Waals surface area (Å²) in [5.41, 5.74) is 0.847. The van der Waals surface area contributed by atoms with E-state index in [-0.39, 0.29) is 23.9 Å². The van der Waals surface area contributed by atoms with Crippen LogP contribution in [0.2, 0.25) is 5.02 Å². The second kappa shape index (κ2) is 8.84. The smallest absolute Gasteiger partial charge is 0.241 e. The minimum absolute atomic E-state index is 0.0114. The van der Waals surface area contributed by atoms with Crippen molar-refractivity contribution in [1.29, 1.82) is 0 Å². The molecule has 1 aromatic rings. The molecule has 0 aromatic heterocycles. The van der Waals surface area contributed by atoms with Gasteiger partial charge in [-0.1, -0.05) is 23.7 Å². The van der Waals surface area contributed by atoms with Gasteiger partial charge in [0.05, 0.1) is 6.04 Å². The summed E-state index contributed by atoms with van der Waals surface area (Å²) in [6, 6.07) is 6.64. The third-order valence-corrected chi connectivity index (χ3v) is 5.43. The first-order valence-electron chi connectivity index (χ1n) is 9.21. The van der Waals surface area contributed by atoms with Crippen molar-refractivity contribution in [2.24, 2.45) is 0 Å². The first-order valence-corrected chi connectivity index (χ1v) is 9.59. The van der Waals surface area contributed by atoms with Gasteiger partial charge in [0.15, 0.2) is 0 Å². The monoisotopic (exact) mass is 379 g/mol. The van der Waals surface area contributed by atoms with Gasteiger partial charge in [0.1, 0.15) is 6.04 Å². The minimum Gasteiger partial charge on any atom is -0.381 e. The highest BCUT2D eigenvalue weighted by Crippen LogP contribution is 2.31. The lowest BCUT2D eigenvalue weighted by Crippen LogP contribution is -2.51. The summed E-state index contributed by atoms with van der Waals surface area (Å²) in [5.74, 6) is -0.102. The van der Waals surface area contributed by atoms with Crippen molar-refractivity contribution in [2.45, 2.75) is 43.8 Å². The third kappa shape index (κ3) is 4.37. The normalized spacial score (nSPS) is 22.8. The average Bonchev–Trinajstić information content (AvgIpc) is 3.13. The molecule has 0 aliphatic carbocycles. The van der Waals surface area contributed by atoms with Crippen molar-refractivity contribution < 1.29 is 14.3 Å². The zero-order valence-corrected chi connectivity index (χ0v) is 15.8. The molecule has 142 valence electrons. The summed E-state index contributed by atoms with van der Waals surface area (Å²) in [6.45, 7) is 2.09. The van der Waals surface area contributed by atoms with Gasteiger partial charge >= 0.3 is 0 Å². The lowest BCUT2D eigenvalue weighted by Gasteiger charge is -2.33. The molecular formula is C19H26ClN3O3. The molecule has 2 saturated heterocycles. The lowest BCUT2D eigenvalue weighted by atomic mass is 10.0. The molecule has 2 aliphatic heterocycles. The van der Waals surface area contributed by atoms with Crippen LogP contribution in [-0.2, 0) is 14.3 Å². The first kappa shape index (κ1) is 19.1. The van der Waals surface area contributed by atoms with Crippen LogP contribution in [-0.4, -0.2) is 55.6 Å². The van der Waals surface area contributed by atoms with E-state index in [1.54, 1.807) is 19.2 Å². The summed E-state index contributed by atoms with van der Waals surface area (Å²) in [6.07, 6.45) is 3.34. The molecule has 2 atom stereocenters. The van der Waals surface area contributed by atoms with Crippen LogP contribution in [0.5, 0.6) is 0 Å². The largest absolute Gasteiger partial charge is 0.381 e. The molecule has 0 spiro atoms. The minimum atomic E-state index is -0.495. The molecule has 0 unspecified atom stereocenters. The number of amides is 2. The van der Waals surface area contributed by atoms with E-state index in [1.165, 1.54) is 0 Å². The Balaban J connectivity index is 1.77. The number of likely N-dealkylation sites (N-methyl/N-ethyl adjacent to an activating group) is 1. The van der Waals surface area contributed by atoms with Gasteiger partial charge in [-0.2, -0.15) is 0 Å². The third-order valence-electron chi connectivity index (χ3n) is 5.18. The number of benzene rings is 1. The zero-order valence-electron chi connectivity index (χ0n) is 15.0. The van der Waals surface area contributed by atoms with Crippen molar-refractivity contribution in [3.8, 4) is 0 Å². The number of ether oxygens (including phenoxy) is 1. The molecule has 2 N–H and O–H groups in total. The number of hydrogen-bond acceptors (Lipinski definition) is 4. The Morgan fingerprint density at radius 1 is 1.19 bits per heavy atom. The summed E-state index contributed by atoms with van der Waals surface area (Å²) >= 11 is 5.99. The fraction of sp³-hybridized carbons (Fsp3) is 0.579. The number of likely N-dealkylation sites (tertiary alicyclic amines) is 1. The van der Waals surface area contributed by atoms with Crippen LogP contribution in [0.15, 0.2) is 24.3 Å². The van der Waals surface area contributed by atoms with Gasteiger partial charge in [0.2, 0.25) is 11.8 Å². The van der Waals surface area contributed by atoms with E-state index in [2.05, 4.69) is 10.6 Å². The van der Waals surface area contributed by atoms with Gasteiger partial charge in [-0.25, -0.2) is 0 Å². The van der Waals surface area contributed by atoms with Crippen LogP contribution in [0.25, 0.3) is 0 Å². The number of carbonyl (C=O) groups excluding carboxylic acids is 2. The number of nitrogens with zero attached hydrogens (tertiary/aromatic N) is 1. The lowest BCUT2D eigenvalue weighted by molar-refractivity contribution is -0.131. The Morgan fingerprint density at radius 3 is 2.54 bits per heavy atom. The van der Waals surface area contributed by atoms with E-state index in [0.29, 0.717) is 24.8 Å². The van der Waals surface area contributed by atoms with Gasteiger partial charge < -0.3 is 15.4 Å². The van der Waals surface area contributed by atoms with Crippen LogP contribution in [0.4, 0.5) is 0 Å². The zero-order chi connectivity index (χ0) is 18.5. The molecule has 1 aromatic carbocycles. The van der Waals surface area contributed by atoms with E-state index in [0.717, 1.165) is 31.2 Å². The predicted molar refractivity (Wildman–Crippen MR) is 100.0 cm³/mol. The highest BCUT2D eigenvalue weighted by molar-refractivity contribution is 6.30. The van der Waals surface area contributed by atoms with Crippen molar-refractivity contribution in [3.05, 3.63) is 34.9 Å². The standard InChI is InChI=1S/C19H26ClN3O3/c1-21-19(25)17(13-4-6-14(20)7-5-13)23-10-2-3-16(23)18(24)22-15-8-11-26-12-9-15/h4-7,15-17H,2-3,8-12H2,1H3,(H,21,25)(H,22,24)/t16-,17+/m0/s1. The van der Waals surface area contributed by atoms with Crippen molar-refractivity contribution in [1.82, 2.24) is 15.5 Å². The van der Waals surface area contributed by atoms with E-state index in [4.69, 9.17) is 16.3 Å². The van der Waals surface area contributed by atoms with E-state index < -0.39 is 6.04 Å². The molecule has 2 fully saturated rings. The summed E-state index contributed by atoms with van der Waals surface area (Å²) in [4.78, 5) is 27.5. The van der Waals surface area contributed by atoms with E-state index in [1.807, 2.05) is 17.0 Å². The predicted octanol–water partition coefficient (Wildman–Crippen LogP) is 1.89. The van der Waals surface area contributed by atoms with Crippen molar-refractivity contribution in [3.63, 3.8) is 0 Å². The van der Waals surface area contributed by atoms with Crippen LogP contribution in [0.1, 0.15) is 37.3 Å². The number of rotatable bonds is 5. The molecule has 26 heavy (non-hydrogen) atoms. The fourth-order valence-corrected chi connectivity index (χ4v) is 3.92. The summed E-state index contributed by atoms with van der Waals surface area (Å²) in [5, 5.41) is 6.51. The maximum absolute atomic E-state index is 12.9. The molecule has 2 heterocycles. The van der Waals surface area contributed by atoms with Gasteiger partial charge in [0.25, 0.3) is 0 Å². The highest BCUT2D eigenvalue weighted by atomic mass is 35.5. The van der Waals surface area contributed by atoms with Crippen molar-refractivity contribution >= 4 is 23.4 Å². The Morgan fingerprint density at radius 2 is 1.88 bits per heavy atom. The highest BCUT2D eigenvalue weighted by Gasteiger charge is 2.39. The number of hydrogen-bond donors (Lipinski definition) is 2. The van der Waals surface area contributed by atoms with Crippen LogP contribution in [0, 0.1) is 0 Å². The first-order chi connectivity index (χ1) is 12.6. The Hall–Kier alpha value is -1.63. The van der Waals surface area contributed by atoms with E-state index >= 15 is 0 Å². The molecule has 0 saturated carbocycles. The summed E-state index contributed by atoms with van der Waals surface area (Å²) < 4.78 is 5.35. The van der Waals surface area contributed by atoms with E-state index in [9.17, 15) is 9.59 Å². The molecule has 7 heteroatoms. The molecule has 2 aliphatic rings. The Labute approximate surface area is 159 Å². The maximum Gasteiger partial charge on any atom is 0.241 e. The van der Waals surface area contributed by atoms with Gasteiger partial charge in [0, 0.05) is 37.9 Å². The molecule has 0 bridgehead atoms. The molecular weight excluding hydrogens is 354 g/mol. The molecule has 0 radical (unpaired) electrons. The topological polar surface area (TPSA) is 70.7 Å². The molecule has 6 nitrogen and oxygen atoms in total. The van der Waals surface area contributed by atoms with Gasteiger partial charge in [-0.15, -0.1) is 0 Å². The average molecular weight is 380 g/mol. The number of carbonyl (C=O) groups is 2. The number of nitrogens with one attached hydrogen (secondary N) is 2. The second-order valence-electron chi connectivity index (χ2n) is 6.86. The van der Waals surface area contributed by atoms with Crippen LogP contribution >= 0.6 is 11.6 Å². The quantitative estimate of drug-likeness (QED) is 0.819. The van der Waals surface area contributed by atoms with Gasteiger partial charge in [-0.05, 0) is 43.4 Å². The second-order valence-corrected chi connectivity index (χ2v) is 7.30.